The van der Waals surface area contributed by atoms with E-state index in [1.807, 2.05) is 42.5 Å². The Morgan fingerprint density at radius 3 is 2.71 bits per heavy atom. The Hall–Kier alpha value is -2.93. The third-order valence-corrected chi connectivity index (χ3v) is 5.05. The Balaban J connectivity index is 1.22. The van der Waals surface area contributed by atoms with Gasteiger partial charge in [-0.2, -0.15) is 4.98 Å². The molecular formula is C21H24N4O3. The molecule has 0 saturated carbocycles. The van der Waals surface area contributed by atoms with E-state index in [0.29, 0.717) is 31.2 Å². The van der Waals surface area contributed by atoms with Crippen molar-refractivity contribution < 1.29 is 13.7 Å². The summed E-state index contributed by atoms with van der Waals surface area (Å²) in [5.41, 5.74) is 1.15. The van der Waals surface area contributed by atoms with Crippen LogP contribution in [0.15, 0.2) is 57.7 Å². The molecular weight excluding hydrogens is 356 g/mol. The third kappa shape index (κ3) is 4.86. The first kappa shape index (κ1) is 18.4. The van der Waals surface area contributed by atoms with E-state index in [1.54, 1.807) is 6.26 Å². The Kier molecular flexibility index (Phi) is 5.82. The van der Waals surface area contributed by atoms with Gasteiger partial charge < -0.3 is 14.3 Å². The number of rotatable bonds is 7. The summed E-state index contributed by atoms with van der Waals surface area (Å²) in [6, 6.07) is 13.8. The van der Waals surface area contributed by atoms with Crippen LogP contribution in [0.3, 0.4) is 0 Å². The zero-order valence-electron chi connectivity index (χ0n) is 15.7. The van der Waals surface area contributed by atoms with E-state index in [4.69, 9.17) is 8.94 Å². The van der Waals surface area contributed by atoms with Crippen LogP contribution >= 0.6 is 0 Å². The quantitative estimate of drug-likeness (QED) is 0.678. The summed E-state index contributed by atoms with van der Waals surface area (Å²) in [6.07, 6.45) is 3.92. The number of aromatic nitrogens is 2. The molecule has 4 rings (SSSR count). The number of carbonyl (C=O) groups is 1. The minimum Gasteiger partial charge on any atom is -0.467 e. The largest absolute Gasteiger partial charge is 0.467 e. The molecule has 1 aromatic carbocycles. The second kappa shape index (κ2) is 8.84. The van der Waals surface area contributed by atoms with Gasteiger partial charge in [-0.15, -0.1) is 0 Å². The summed E-state index contributed by atoms with van der Waals surface area (Å²) < 4.78 is 10.6. The van der Waals surface area contributed by atoms with Crippen molar-refractivity contribution in [1.82, 2.24) is 20.4 Å². The van der Waals surface area contributed by atoms with Crippen LogP contribution < -0.4 is 5.32 Å². The van der Waals surface area contributed by atoms with Gasteiger partial charge in [0.2, 0.25) is 11.8 Å². The first-order valence-corrected chi connectivity index (χ1v) is 9.64. The summed E-state index contributed by atoms with van der Waals surface area (Å²) in [6.45, 7) is 2.79. The molecule has 1 aliphatic rings. The van der Waals surface area contributed by atoms with Crippen molar-refractivity contribution in [2.45, 2.75) is 32.4 Å². The Labute approximate surface area is 163 Å². The van der Waals surface area contributed by atoms with Crippen LogP contribution in [0.25, 0.3) is 0 Å². The average Bonchev–Trinajstić information content (AvgIpc) is 3.40. The highest BCUT2D eigenvalue weighted by atomic mass is 16.5. The van der Waals surface area contributed by atoms with E-state index in [1.165, 1.54) is 0 Å². The molecule has 28 heavy (non-hydrogen) atoms. The first-order valence-electron chi connectivity index (χ1n) is 9.64. The van der Waals surface area contributed by atoms with Crippen LogP contribution in [-0.4, -0.2) is 34.0 Å². The second-order valence-electron chi connectivity index (χ2n) is 7.11. The molecule has 0 aliphatic carbocycles. The van der Waals surface area contributed by atoms with Crippen LogP contribution in [0.2, 0.25) is 0 Å². The van der Waals surface area contributed by atoms with Gasteiger partial charge in [0.15, 0.2) is 5.82 Å². The van der Waals surface area contributed by atoms with Crippen LogP contribution in [-0.2, 0) is 24.3 Å². The zero-order valence-corrected chi connectivity index (χ0v) is 15.7. The van der Waals surface area contributed by atoms with Gasteiger partial charge in [0.1, 0.15) is 5.76 Å². The van der Waals surface area contributed by atoms with E-state index in [-0.39, 0.29) is 11.8 Å². The summed E-state index contributed by atoms with van der Waals surface area (Å²) in [5.74, 6) is 2.25. The normalized spacial score (nSPS) is 15.6. The molecule has 3 heterocycles. The van der Waals surface area contributed by atoms with Crippen LogP contribution in [0, 0.1) is 5.92 Å². The van der Waals surface area contributed by atoms with E-state index < -0.39 is 0 Å². The van der Waals surface area contributed by atoms with Gasteiger partial charge in [0.05, 0.1) is 25.8 Å². The molecule has 1 amide bonds. The Morgan fingerprint density at radius 2 is 1.96 bits per heavy atom. The van der Waals surface area contributed by atoms with Crippen molar-refractivity contribution in [2.24, 2.45) is 5.92 Å². The first-order chi connectivity index (χ1) is 13.8. The predicted octanol–water partition coefficient (Wildman–Crippen LogP) is 2.78. The smallest absolute Gasteiger partial charge is 0.231 e. The van der Waals surface area contributed by atoms with Crippen molar-refractivity contribution in [1.29, 1.82) is 0 Å². The molecule has 3 aromatic rings. The zero-order chi connectivity index (χ0) is 19.2. The lowest BCUT2D eigenvalue weighted by atomic mass is 9.96. The molecule has 7 nitrogen and oxygen atoms in total. The monoisotopic (exact) mass is 380 g/mol. The minimum atomic E-state index is 0.0464. The molecule has 0 atom stereocenters. The molecule has 1 fully saturated rings. The molecule has 1 saturated heterocycles. The molecule has 0 unspecified atom stereocenters. The molecule has 7 heteroatoms. The standard InChI is InChI=1S/C21H24N4O3/c26-21(22-14-18-7-4-12-27-18)17-8-10-25(11-9-17)15-19-23-20(28-24-19)13-16-5-2-1-3-6-16/h1-7,12,17H,8-11,13-15H2,(H,22,26). The molecule has 0 radical (unpaired) electrons. The molecule has 1 N–H and O–H groups in total. The van der Waals surface area contributed by atoms with Crippen LogP contribution in [0.1, 0.15) is 35.9 Å². The van der Waals surface area contributed by atoms with Crippen molar-refractivity contribution in [3.05, 3.63) is 71.8 Å². The maximum atomic E-state index is 12.3. The minimum absolute atomic E-state index is 0.0464. The van der Waals surface area contributed by atoms with E-state index in [0.717, 1.165) is 37.3 Å². The molecule has 146 valence electrons. The number of piperidine rings is 1. The van der Waals surface area contributed by atoms with Gasteiger partial charge in [-0.05, 0) is 43.6 Å². The summed E-state index contributed by atoms with van der Waals surface area (Å²) >= 11 is 0. The van der Waals surface area contributed by atoms with Crippen molar-refractivity contribution in [3.63, 3.8) is 0 Å². The highest BCUT2D eigenvalue weighted by Crippen LogP contribution is 2.19. The van der Waals surface area contributed by atoms with Gasteiger partial charge in [-0.3, -0.25) is 9.69 Å². The number of hydrogen-bond donors (Lipinski definition) is 1. The van der Waals surface area contributed by atoms with Gasteiger partial charge in [-0.25, -0.2) is 0 Å². The van der Waals surface area contributed by atoms with E-state index in [9.17, 15) is 4.79 Å². The number of carbonyl (C=O) groups excluding carboxylic acids is 1. The highest BCUT2D eigenvalue weighted by molar-refractivity contribution is 5.78. The lowest BCUT2D eigenvalue weighted by Crippen LogP contribution is -2.40. The number of nitrogens with zero attached hydrogens (tertiary/aromatic N) is 3. The van der Waals surface area contributed by atoms with Crippen molar-refractivity contribution in [3.8, 4) is 0 Å². The summed E-state index contributed by atoms with van der Waals surface area (Å²) in [4.78, 5) is 19.1. The SMILES string of the molecule is O=C(NCc1ccco1)C1CCN(Cc2noc(Cc3ccccc3)n2)CC1. The highest BCUT2D eigenvalue weighted by Gasteiger charge is 2.25. The fraction of sp³-hybridized carbons (Fsp3) is 0.381. The number of amides is 1. The average molecular weight is 380 g/mol. The third-order valence-electron chi connectivity index (χ3n) is 5.05. The fourth-order valence-corrected chi connectivity index (χ4v) is 3.48. The predicted molar refractivity (Wildman–Crippen MR) is 102 cm³/mol. The van der Waals surface area contributed by atoms with Gasteiger partial charge in [-0.1, -0.05) is 35.5 Å². The fourth-order valence-electron chi connectivity index (χ4n) is 3.48. The van der Waals surface area contributed by atoms with Gasteiger partial charge in [0, 0.05) is 5.92 Å². The Morgan fingerprint density at radius 1 is 1.14 bits per heavy atom. The van der Waals surface area contributed by atoms with Crippen molar-refractivity contribution in [2.75, 3.05) is 13.1 Å². The number of benzene rings is 1. The number of likely N-dealkylation sites (tertiary alicyclic amines) is 1. The lowest BCUT2D eigenvalue weighted by Gasteiger charge is -2.30. The number of nitrogens with one attached hydrogen (secondary N) is 1. The van der Waals surface area contributed by atoms with Gasteiger partial charge in [0.25, 0.3) is 0 Å². The van der Waals surface area contributed by atoms with Crippen molar-refractivity contribution >= 4 is 5.91 Å². The topological polar surface area (TPSA) is 84.4 Å². The van der Waals surface area contributed by atoms with E-state index >= 15 is 0 Å². The second-order valence-corrected chi connectivity index (χ2v) is 7.11. The number of furan rings is 1. The van der Waals surface area contributed by atoms with Crippen LogP contribution in [0.4, 0.5) is 0 Å². The van der Waals surface area contributed by atoms with Crippen LogP contribution in [0.5, 0.6) is 0 Å². The van der Waals surface area contributed by atoms with Gasteiger partial charge >= 0.3 is 0 Å². The van der Waals surface area contributed by atoms with E-state index in [2.05, 4.69) is 20.4 Å². The molecule has 0 bridgehead atoms. The molecule has 2 aromatic heterocycles. The molecule has 1 aliphatic heterocycles. The maximum Gasteiger partial charge on any atom is 0.231 e. The Bertz CT molecular complexity index is 868. The molecule has 0 spiro atoms. The number of hydrogen-bond acceptors (Lipinski definition) is 6. The lowest BCUT2D eigenvalue weighted by molar-refractivity contribution is -0.126. The summed E-state index contributed by atoms with van der Waals surface area (Å²) in [5, 5.41) is 7.06. The summed E-state index contributed by atoms with van der Waals surface area (Å²) in [7, 11) is 0. The maximum absolute atomic E-state index is 12.3.